The molecule has 0 bridgehead atoms. The maximum atomic E-state index is 11.4. The molecule has 0 spiro atoms. The second-order valence-electron chi connectivity index (χ2n) is 4.06. The van der Waals surface area contributed by atoms with Crippen molar-refractivity contribution in [3.63, 3.8) is 0 Å². The van der Waals surface area contributed by atoms with Crippen molar-refractivity contribution in [2.45, 2.75) is 26.4 Å². The molecule has 1 heterocycles. The van der Waals surface area contributed by atoms with E-state index in [1.54, 1.807) is 19.0 Å². The number of nitrogens with zero attached hydrogens (tertiary/aromatic N) is 2. The standard InChI is InChI=1S/C8H16N2O2.C3H8/c1-9(2)8(11)7-6-10(3)4-5-12-7;1-3-2/h7H,4-6H2,1-3H3;3H2,1-2H3. The number of amides is 1. The summed E-state index contributed by atoms with van der Waals surface area (Å²) in [7, 11) is 5.50. The third kappa shape index (κ3) is 5.74. The van der Waals surface area contributed by atoms with E-state index < -0.39 is 0 Å². The van der Waals surface area contributed by atoms with Crippen molar-refractivity contribution >= 4 is 5.91 Å². The molecule has 15 heavy (non-hydrogen) atoms. The lowest BCUT2D eigenvalue weighted by atomic mass is 10.2. The summed E-state index contributed by atoms with van der Waals surface area (Å²) in [5.41, 5.74) is 0. The predicted octanol–water partition coefficient (Wildman–Crippen LogP) is 0.821. The Bertz CT molecular complexity index is 183. The summed E-state index contributed by atoms with van der Waals surface area (Å²) in [5, 5.41) is 0. The van der Waals surface area contributed by atoms with E-state index >= 15 is 0 Å². The topological polar surface area (TPSA) is 32.8 Å². The van der Waals surface area contributed by atoms with Crippen LogP contribution in [0.2, 0.25) is 0 Å². The number of morpholine rings is 1. The summed E-state index contributed by atoms with van der Waals surface area (Å²) in [6, 6.07) is 0. The van der Waals surface area contributed by atoms with E-state index in [-0.39, 0.29) is 12.0 Å². The summed E-state index contributed by atoms with van der Waals surface area (Å²) in [4.78, 5) is 15.1. The molecule has 1 amide bonds. The quantitative estimate of drug-likeness (QED) is 0.650. The molecule has 0 radical (unpaired) electrons. The molecule has 0 aromatic heterocycles. The van der Waals surface area contributed by atoms with Gasteiger partial charge in [-0.25, -0.2) is 0 Å². The Morgan fingerprint density at radius 3 is 2.40 bits per heavy atom. The van der Waals surface area contributed by atoms with Gasteiger partial charge in [0.05, 0.1) is 6.61 Å². The maximum absolute atomic E-state index is 11.4. The number of hydrogen-bond donors (Lipinski definition) is 0. The molecule has 1 fully saturated rings. The molecule has 1 saturated heterocycles. The first-order chi connectivity index (χ1) is 7.02. The van der Waals surface area contributed by atoms with Crippen LogP contribution in [0.1, 0.15) is 20.3 Å². The normalized spacial score (nSPS) is 21.5. The molecule has 1 atom stereocenters. The van der Waals surface area contributed by atoms with Crippen LogP contribution in [0.5, 0.6) is 0 Å². The molecule has 4 heteroatoms. The first-order valence-corrected chi connectivity index (χ1v) is 5.54. The Morgan fingerprint density at radius 1 is 1.47 bits per heavy atom. The molecule has 0 saturated carbocycles. The Kier molecular flexibility index (Phi) is 7.34. The number of likely N-dealkylation sites (N-methyl/N-ethyl adjacent to an activating group) is 2. The van der Waals surface area contributed by atoms with Gasteiger partial charge in [-0.2, -0.15) is 0 Å². The highest BCUT2D eigenvalue weighted by atomic mass is 16.5. The molecule has 0 aromatic rings. The number of hydrogen-bond acceptors (Lipinski definition) is 3. The highest BCUT2D eigenvalue weighted by Crippen LogP contribution is 2.04. The number of carbonyl (C=O) groups is 1. The molecule has 0 aromatic carbocycles. The number of rotatable bonds is 1. The molecule has 0 N–H and O–H groups in total. The highest BCUT2D eigenvalue weighted by Gasteiger charge is 2.25. The van der Waals surface area contributed by atoms with E-state index in [4.69, 9.17) is 4.74 Å². The molecular formula is C11H24N2O2. The predicted molar refractivity (Wildman–Crippen MR) is 61.9 cm³/mol. The molecule has 1 aliphatic heterocycles. The summed E-state index contributed by atoms with van der Waals surface area (Å²) in [6.45, 7) is 6.52. The minimum atomic E-state index is -0.265. The van der Waals surface area contributed by atoms with Crippen LogP contribution in [0.25, 0.3) is 0 Å². The van der Waals surface area contributed by atoms with E-state index in [1.165, 1.54) is 6.42 Å². The zero-order valence-electron chi connectivity index (χ0n) is 10.6. The van der Waals surface area contributed by atoms with Crippen LogP contribution in [-0.2, 0) is 9.53 Å². The third-order valence-electron chi connectivity index (χ3n) is 1.99. The van der Waals surface area contributed by atoms with Gasteiger partial charge in [-0.1, -0.05) is 20.3 Å². The lowest BCUT2D eigenvalue weighted by Gasteiger charge is -2.30. The van der Waals surface area contributed by atoms with Crippen molar-refractivity contribution in [2.24, 2.45) is 0 Å². The minimum Gasteiger partial charge on any atom is -0.366 e. The van der Waals surface area contributed by atoms with Gasteiger partial charge in [-0.15, -0.1) is 0 Å². The molecule has 1 unspecified atom stereocenters. The van der Waals surface area contributed by atoms with E-state index in [0.717, 1.165) is 6.54 Å². The van der Waals surface area contributed by atoms with Crippen molar-refractivity contribution in [1.82, 2.24) is 9.80 Å². The average molecular weight is 216 g/mol. The minimum absolute atomic E-state index is 0.0570. The van der Waals surface area contributed by atoms with Gasteiger partial charge in [-0.3, -0.25) is 4.79 Å². The van der Waals surface area contributed by atoms with Crippen LogP contribution in [0.15, 0.2) is 0 Å². The fourth-order valence-electron chi connectivity index (χ4n) is 1.22. The fraction of sp³-hybridized carbons (Fsp3) is 0.909. The summed E-state index contributed by atoms with van der Waals surface area (Å²) in [6.07, 6.45) is 0.985. The second-order valence-corrected chi connectivity index (χ2v) is 4.06. The van der Waals surface area contributed by atoms with Crippen molar-refractivity contribution in [1.29, 1.82) is 0 Å². The van der Waals surface area contributed by atoms with Gasteiger partial charge in [0, 0.05) is 27.2 Å². The summed E-state index contributed by atoms with van der Waals surface area (Å²) in [5.74, 6) is 0.0570. The summed E-state index contributed by atoms with van der Waals surface area (Å²) >= 11 is 0. The lowest BCUT2D eigenvalue weighted by Crippen LogP contribution is -2.48. The van der Waals surface area contributed by atoms with Crippen molar-refractivity contribution in [2.75, 3.05) is 40.8 Å². The second kappa shape index (κ2) is 7.65. The van der Waals surface area contributed by atoms with Gasteiger partial charge in [0.1, 0.15) is 6.10 Å². The smallest absolute Gasteiger partial charge is 0.252 e. The molecular weight excluding hydrogens is 192 g/mol. The van der Waals surface area contributed by atoms with Crippen LogP contribution < -0.4 is 0 Å². The molecule has 0 aliphatic carbocycles. The van der Waals surface area contributed by atoms with Gasteiger partial charge >= 0.3 is 0 Å². The van der Waals surface area contributed by atoms with E-state index in [1.807, 2.05) is 7.05 Å². The average Bonchev–Trinajstić information content (AvgIpc) is 2.17. The van der Waals surface area contributed by atoms with Gasteiger partial charge in [0.25, 0.3) is 5.91 Å². The Hall–Kier alpha value is -0.610. The Morgan fingerprint density at radius 2 is 2.00 bits per heavy atom. The van der Waals surface area contributed by atoms with Crippen LogP contribution in [-0.4, -0.2) is 62.7 Å². The maximum Gasteiger partial charge on any atom is 0.252 e. The molecule has 4 nitrogen and oxygen atoms in total. The van der Waals surface area contributed by atoms with Crippen molar-refractivity contribution < 1.29 is 9.53 Å². The highest BCUT2D eigenvalue weighted by molar-refractivity contribution is 5.80. The largest absolute Gasteiger partial charge is 0.366 e. The van der Waals surface area contributed by atoms with E-state index in [2.05, 4.69) is 18.7 Å². The summed E-state index contributed by atoms with van der Waals surface area (Å²) < 4.78 is 5.34. The van der Waals surface area contributed by atoms with Crippen molar-refractivity contribution in [3.8, 4) is 0 Å². The number of ether oxygens (including phenoxy) is 1. The molecule has 1 rings (SSSR count). The molecule has 1 aliphatic rings. The number of carbonyl (C=O) groups excluding carboxylic acids is 1. The van der Waals surface area contributed by atoms with Gasteiger partial charge in [0.2, 0.25) is 0 Å². The first kappa shape index (κ1) is 14.4. The van der Waals surface area contributed by atoms with Crippen LogP contribution in [0.3, 0.4) is 0 Å². The van der Waals surface area contributed by atoms with Gasteiger partial charge in [0.15, 0.2) is 0 Å². The van der Waals surface area contributed by atoms with E-state index in [0.29, 0.717) is 13.2 Å². The van der Waals surface area contributed by atoms with Crippen LogP contribution in [0.4, 0.5) is 0 Å². The van der Waals surface area contributed by atoms with Crippen LogP contribution in [0, 0.1) is 0 Å². The Labute approximate surface area is 93.2 Å². The first-order valence-electron chi connectivity index (χ1n) is 5.54. The molecule has 90 valence electrons. The van der Waals surface area contributed by atoms with Gasteiger partial charge in [-0.05, 0) is 7.05 Å². The zero-order valence-corrected chi connectivity index (χ0v) is 10.6. The van der Waals surface area contributed by atoms with Gasteiger partial charge < -0.3 is 14.5 Å². The van der Waals surface area contributed by atoms with Crippen molar-refractivity contribution in [3.05, 3.63) is 0 Å². The van der Waals surface area contributed by atoms with Crippen LogP contribution >= 0.6 is 0 Å². The lowest BCUT2D eigenvalue weighted by molar-refractivity contribution is -0.146. The van der Waals surface area contributed by atoms with E-state index in [9.17, 15) is 4.79 Å². The Balaban J connectivity index is 0.000000583. The fourth-order valence-corrected chi connectivity index (χ4v) is 1.22. The SMILES string of the molecule is CCC.CN1CCOC(C(=O)N(C)C)C1. The monoisotopic (exact) mass is 216 g/mol. The third-order valence-corrected chi connectivity index (χ3v) is 1.99. The zero-order chi connectivity index (χ0) is 11.8.